The van der Waals surface area contributed by atoms with Gasteiger partial charge in [0.15, 0.2) is 0 Å². The summed E-state index contributed by atoms with van der Waals surface area (Å²) in [5.41, 5.74) is 3.72. The van der Waals surface area contributed by atoms with Crippen molar-refractivity contribution >= 4 is 22.7 Å². The predicted molar refractivity (Wildman–Crippen MR) is 180 cm³/mol. The van der Waals surface area contributed by atoms with Crippen molar-refractivity contribution in [3.63, 3.8) is 0 Å². The number of ether oxygens (including phenoxy) is 2. The van der Waals surface area contributed by atoms with Gasteiger partial charge in [-0.05, 0) is 112 Å². The number of rotatable bonds is 9. The van der Waals surface area contributed by atoms with Crippen LogP contribution in [0.15, 0.2) is 48.5 Å². The first-order chi connectivity index (χ1) is 23.3. The van der Waals surface area contributed by atoms with Crippen molar-refractivity contribution in [3.05, 3.63) is 90.8 Å². The average Bonchev–Trinajstić information content (AvgIpc) is 3.63. The lowest BCUT2D eigenvalue weighted by atomic mass is 9.95. The Labute approximate surface area is 290 Å². The summed E-state index contributed by atoms with van der Waals surface area (Å²) in [7, 11) is 0. The molecular weight excluding hydrogens is 687 g/mol. The van der Waals surface area contributed by atoms with Gasteiger partial charge < -0.3 is 20.1 Å². The molecule has 2 saturated heterocycles. The minimum absolute atomic E-state index is 0.184. The summed E-state index contributed by atoms with van der Waals surface area (Å²) >= 11 is 3.38. The molecule has 0 bridgehead atoms. The van der Waals surface area contributed by atoms with Crippen LogP contribution in [-0.2, 0) is 19.3 Å². The molecule has 266 valence electrons. The van der Waals surface area contributed by atoms with Gasteiger partial charge in [-0.3, -0.25) is 0 Å². The molecule has 2 aliphatic heterocycles. The molecule has 0 unspecified atom stereocenters. The van der Waals surface area contributed by atoms with Crippen LogP contribution >= 0.6 is 22.7 Å². The molecule has 6 rings (SSSR count). The Balaban J connectivity index is 0.000000191. The molecule has 6 nitrogen and oxygen atoms in total. The normalized spacial score (nSPS) is 16.2. The second kappa shape index (κ2) is 16.7. The molecule has 2 N–H and O–H groups in total. The Bertz CT molecular complexity index is 1640. The van der Waals surface area contributed by atoms with Gasteiger partial charge in [-0.25, -0.2) is 9.97 Å². The summed E-state index contributed by atoms with van der Waals surface area (Å²) in [6.07, 6.45) is -2.96. The lowest BCUT2D eigenvalue weighted by Crippen LogP contribution is -2.26. The molecule has 4 heterocycles. The number of nitrogens with one attached hydrogen (secondary N) is 2. The molecule has 2 aromatic heterocycles. The van der Waals surface area contributed by atoms with Crippen LogP contribution in [0.4, 0.5) is 26.3 Å². The molecule has 49 heavy (non-hydrogen) atoms. The lowest BCUT2D eigenvalue weighted by molar-refractivity contribution is -0.275. The van der Waals surface area contributed by atoms with Gasteiger partial charge in [-0.15, -0.1) is 49.0 Å². The topological polar surface area (TPSA) is 68.3 Å². The zero-order chi connectivity index (χ0) is 35.0. The van der Waals surface area contributed by atoms with E-state index in [9.17, 15) is 26.3 Å². The molecule has 0 amide bonds. The van der Waals surface area contributed by atoms with Crippen LogP contribution in [0.1, 0.15) is 86.7 Å². The third-order valence-electron chi connectivity index (χ3n) is 8.38. The van der Waals surface area contributed by atoms with E-state index in [-0.39, 0.29) is 11.5 Å². The van der Waals surface area contributed by atoms with Crippen LogP contribution in [0.5, 0.6) is 11.5 Å². The molecule has 4 aromatic rings. The van der Waals surface area contributed by atoms with E-state index in [1.807, 2.05) is 6.92 Å². The van der Waals surface area contributed by atoms with Crippen molar-refractivity contribution in [2.75, 3.05) is 26.2 Å². The van der Waals surface area contributed by atoms with Crippen molar-refractivity contribution in [3.8, 4) is 11.5 Å². The fraction of sp³-hybridized carbons (Fsp3) is 0.486. The number of halogens is 6. The quantitative estimate of drug-likeness (QED) is 0.168. The third-order valence-corrected chi connectivity index (χ3v) is 11.0. The van der Waals surface area contributed by atoms with Gasteiger partial charge in [0.25, 0.3) is 0 Å². The van der Waals surface area contributed by atoms with E-state index in [1.54, 1.807) is 46.9 Å². The number of hydrogen-bond acceptors (Lipinski definition) is 8. The van der Waals surface area contributed by atoms with Gasteiger partial charge in [-0.1, -0.05) is 31.2 Å². The Hall–Kier alpha value is -3.20. The Morgan fingerprint density at radius 2 is 1.14 bits per heavy atom. The zero-order valence-corrected chi connectivity index (χ0v) is 29.0. The maximum Gasteiger partial charge on any atom is 0.573 e. The number of hydrogen-bond donors (Lipinski definition) is 2. The number of piperidine rings is 2. The number of alkyl halides is 6. The smallest absolute Gasteiger partial charge is 0.406 e. The van der Waals surface area contributed by atoms with Gasteiger partial charge >= 0.3 is 12.7 Å². The maximum atomic E-state index is 12.4. The zero-order valence-electron chi connectivity index (χ0n) is 27.3. The Morgan fingerprint density at radius 3 is 1.61 bits per heavy atom. The van der Waals surface area contributed by atoms with E-state index in [0.29, 0.717) is 24.7 Å². The van der Waals surface area contributed by atoms with Crippen LogP contribution in [0, 0.1) is 6.92 Å². The van der Waals surface area contributed by atoms with Crippen molar-refractivity contribution in [2.24, 2.45) is 0 Å². The summed E-state index contributed by atoms with van der Waals surface area (Å²) in [6.45, 7) is 8.21. The first-order valence-electron chi connectivity index (χ1n) is 16.4. The molecule has 2 fully saturated rings. The first-order valence-corrected chi connectivity index (χ1v) is 18.0. The minimum Gasteiger partial charge on any atom is -0.406 e. The number of nitrogens with zero attached hydrogens (tertiary/aromatic N) is 2. The maximum absolute atomic E-state index is 12.4. The predicted octanol–water partition coefficient (Wildman–Crippen LogP) is 9.07. The molecule has 0 atom stereocenters. The average molecular weight is 727 g/mol. The number of thiazole rings is 2. The van der Waals surface area contributed by atoms with Crippen molar-refractivity contribution in [1.29, 1.82) is 0 Å². The molecular formula is C35H40F6N4O2S2. The number of aryl methyl sites for hydroxylation is 2. The largest absolute Gasteiger partial charge is 0.573 e. The summed E-state index contributed by atoms with van der Waals surface area (Å²) in [5, 5.41) is 8.61. The first kappa shape index (κ1) is 37.1. The summed E-state index contributed by atoms with van der Waals surface area (Å²) in [5.74, 6) is 0.711. The van der Waals surface area contributed by atoms with Crippen LogP contribution in [0.2, 0.25) is 0 Å². The summed E-state index contributed by atoms with van der Waals surface area (Å²) in [6, 6.07) is 12.2. The molecule has 2 aliphatic rings. The molecule has 2 aromatic carbocycles. The second-order valence-corrected chi connectivity index (χ2v) is 14.4. The van der Waals surface area contributed by atoms with Crippen LogP contribution in [0.3, 0.4) is 0 Å². The van der Waals surface area contributed by atoms with Crippen LogP contribution < -0.4 is 20.1 Å². The van der Waals surface area contributed by atoms with Crippen molar-refractivity contribution in [1.82, 2.24) is 20.6 Å². The van der Waals surface area contributed by atoms with E-state index in [1.165, 1.54) is 34.0 Å². The molecule has 0 aliphatic carbocycles. The summed E-state index contributed by atoms with van der Waals surface area (Å²) < 4.78 is 82.1. The standard InChI is InChI=1S/C18H21F3N2OS.C17H19F3N2OS/c1-2-15-17(13-6-8-22-9-7-13)25-16(23-15)11-12-4-3-5-14(10-12)24-18(19,20)21;1-11-16(13-5-7-21-8-6-13)24-15(22-11)10-12-3-2-4-14(9-12)23-17(18,19)20/h3-5,10,13,22H,2,6-9,11H2,1H3;2-4,9,13,21H,5-8,10H2,1H3. The highest BCUT2D eigenvalue weighted by molar-refractivity contribution is 7.12. The van der Waals surface area contributed by atoms with Gasteiger partial charge in [0.05, 0.1) is 21.4 Å². The second-order valence-electron chi connectivity index (χ2n) is 12.1. The monoisotopic (exact) mass is 726 g/mol. The van der Waals surface area contributed by atoms with Gasteiger partial charge in [0.2, 0.25) is 0 Å². The molecule has 14 heteroatoms. The number of aromatic nitrogens is 2. The van der Waals surface area contributed by atoms with Crippen LogP contribution in [-0.4, -0.2) is 48.9 Å². The third kappa shape index (κ3) is 11.4. The van der Waals surface area contributed by atoms with Gasteiger partial charge in [-0.2, -0.15) is 0 Å². The Kier molecular flexibility index (Phi) is 12.6. The van der Waals surface area contributed by atoms with Gasteiger partial charge in [0.1, 0.15) is 11.5 Å². The summed E-state index contributed by atoms with van der Waals surface area (Å²) in [4.78, 5) is 12.0. The SMILES string of the molecule is CCc1nc(Cc2cccc(OC(F)(F)F)c2)sc1C1CCNCC1.Cc1nc(Cc2cccc(OC(F)(F)F)c2)sc1C1CCNCC1. The highest BCUT2D eigenvalue weighted by atomic mass is 32.1. The van der Waals surface area contributed by atoms with Crippen LogP contribution in [0.25, 0.3) is 0 Å². The Morgan fingerprint density at radius 1 is 0.694 bits per heavy atom. The van der Waals surface area contributed by atoms with E-state index < -0.39 is 12.7 Å². The molecule has 0 radical (unpaired) electrons. The van der Waals surface area contributed by atoms with E-state index in [4.69, 9.17) is 4.98 Å². The van der Waals surface area contributed by atoms with Crippen molar-refractivity contribution < 1.29 is 35.8 Å². The van der Waals surface area contributed by atoms with Crippen molar-refractivity contribution in [2.45, 2.75) is 83.4 Å². The number of benzene rings is 2. The fourth-order valence-corrected chi connectivity index (χ4v) is 8.83. The fourth-order valence-electron chi connectivity index (χ4n) is 6.20. The lowest BCUT2D eigenvalue weighted by Gasteiger charge is -2.22. The highest BCUT2D eigenvalue weighted by Crippen LogP contribution is 2.36. The minimum atomic E-state index is -4.67. The molecule has 0 saturated carbocycles. The van der Waals surface area contributed by atoms with E-state index in [0.717, 1.165) is 90.8 Å². The highest BCUT2D eigenvalue weighted by Gasteiger charge is 2.32. The van der Waals surface area contributed by atoms with Gasteiger partial charge in [0, 0.05) is 22.6 Å². The molecule has 0 spiro atoms. The van der Waals surface area contributed by atoms with E-state index in [2.05, 4.69) is 32.0 Å². The van der Waals surface area contributed by atoms with E-state index >= 15 is 0 Å².